The maximum atomic E-state index is 12.6. The zero-order valence-electron chi connectivity index (χ0n) is 19.3. The minimum Gasteiger partial charge on any atom is -0.368 e. The Bertz CT molecular complexity index is 867. The number of amides is 1. The largest absolute Gasteiger partial charge is 0.368 e. The van der Waals surface area contributed by atoms with E-state index in [0.717, 1.165) is 63.0 Å². The Balaban J connectivity index is 1.62. The number of rotatable bonds is 9. The molecule has 31 heavy (non-hydrogen) atoms. The van der Waals surface area contributed by atoms with E-state index in [1.165, 1.54) is 28.6 Å². The van der Waals surface area contributed by atoms with E-state index in [1.54, 1.807) is 12.4 Å². The van der Waals surface area contributed by atoms with Gasteiger partial charge in [0, 0.05) is 57.3 Å². The summed E-state index contributed by atoms with van der Waals surface area (Å²) < 4.78 is 0. The lowest BCUT2D eigenvalue weighted by Gasteiger charge is -2.38. The van der Waals surface area contributed by atoms with Gasteiger partial charge >= 0.3 is 0 Å². The fourth-order valence-corrected chi connectivity index (χ4v) is 4.79. The van der Waals surface area contributed by atoms with Crippen LogP contribution in [-0.4, -0.2) is 65.8 Å². The monoisotopic (exact) mass is 441 g/mol. The van der Waals surface area contributed by atoms with Gasteiger partial charge in [-0.3, -0.25) is 4.79 Å². The Morgan fingerprint density at radius 2 is 1.77 bits per heavy atom. The average molecular weight is 442 g/mol. The summed E-state index contributed by atoms with van der Waals surface area (Å²) in [4.78, 5) is 28.5. The minimum atomic E-state index is 0.178. The molecule has 1 aliphatic heterocycles. The molecule has 0 atom stereocenters. The van der Waals surface area contributed by atoms with Crippen LogP contribution in [0.2, 0.25) is 0 Å². The summed E-state index contributed by atoms with van der Waals surface area (Å²) in [6.45, 7) is 13.8. The summed E-state index contributed by atoms with van der Waals surface area (Å²) in [6.07, 6.45) is 5.61. The van der Waals surface area contributed by atoms with Gasteiger partial charge in [0.1, 0.15) is 5.03 Å². The molecular weight excluding hydrogens is 406 g/mol. The highest BCUT2D eigenvalue weighted by Gasteiger charge is 2.23. The van der Waals surface area contributed by atoms with Crippen molar-refractivity contribution in [3.05, 3.63) is 41.7 Å². The number of carbonyl (C=O) groups excluding carboxylic acids is 1. The van der Waals surface area contributed by atoms with Crippen LogP contribution in [-0.2, 0) is 4.79 Å². The first kappa shape index (κ1) is 23.4. The van der Waals surface area contributed by atoms with Crippen molar-refractivity contribution in [2.75, 3.05) is 54.8 Å². The fraction of sp³-hybridized carbons (Fsp3) is 0.542. The number of anilines is 2. The van der Waals surface area contributed by atoms with E-state index in [1.807, 2.05) is 11.8 Å². The molecule has 0 N–H and O–H groups in total. The third-order valence-corrected chi connectivity index (χ3v) is 6.94. The number of hydrogen-bond acceptors (Lipinski definition) is 6. The number of benzene rings is 1. The van der Waals surface area contributed by atoms with Crippen LogP contribution in [0.1, 0.15) is 37.8 Å². The van der Waals surface area contributed by atoms with Gasteiger partial charge in [0.15, 0.2) is 5.82 Å². The molecule has 2 heterocycles. The first-order valence-corrected chi connectivity index (χ1v) is 12.3. The third-order valence-electron chi connectivity index (χ3n) is 5.99. The second-order valence-corrected chi connectivity index (χ2v) is 8.96. The lowest BCUT2D eigenvalue weighted by molar-refractivity contribution is -0.128. The Morgan fingerprint density at radius 3 is 2.48 bits per heavy atom. The van der Waals surface area contributed by atoms with Crippen LogP contribution in [0.3, 0.4) is 0 Å². The van der Waals surface area contributed by atoms with Gasteiger partial charge in [-0.2, -0.15) is 0 Å². The number of aromatic nitrogens is 2. The van der Waals surface area contributed by atoms with E-state index in [4.69, 9.17) is 0 Å². The zero-order valence-corrected chi connectivity index (χ0v) is 20.1. The second-order valence-electron chi connectivity index (χ2n) is 7.99. The summed E-state index contributed by atoms with van der Waals surface area (Å²) in [7, 11) is 0. The van der Waals surface area contributed by atoms with Gasteiger partial charge in [0.05, 0.1) is 5.75 Å². The maximum Gasteiger partial charge on any atom is 0.232 e. The molecule has 0 saturated carbocycles. The summed E-state index contributed by atoms with van der Waals surface area (Å²) in [6, 6.07) is 6.52. The number of thioether (sulfide) groups is 1. The molecule has 168 valence electrons. The number of carbonyl (C=O) groups is 1. The van der Waals surface area contributed by atoms with E-state index in [0.29, 0.717) is 5.75 Å². The molecule has 1 aliphatic rings. The molecule has 2 aromatic rings. The predicted octanol–water partition coefficient (Wildman–Crippen LogP) is 4.16. The van der Waals surface area contributed by atoms with Crippen molar-refractivity contribution in [3.63, 3.8) is 0 Å². The van der Waals surface area contributed by atoms with E-state index in [2.05, 4.69) is 58.7 Å². The molecular formula is C24H35N5OS. The highest BCUT2D eigenvalue weighted by Crippen LogP contribution is 2.29. The van der Waals surface area contributed by atoms with E-state index in [9.17, 15) is 4.79 Å². The van der Waals surface area contributed by atoms with Crippen LogP contribution < -0.4 is 9.80 Å². The van der Waals surface area contributed by atoms with Gasteiger partial charge in [-0.25, -0.2) is 9.97 Å². The first-order valence-electron chi connectivity index (χ1n) is 11.3. The molecule has 7 heteroatoms. The second kappa shape index (κ2) is 11.4. The Labute approximate surface area is 191 Å². The van der Waals surface area contributed by atoms with Gasteiger partial charge in [0.2, 0.25) is 5.91 Å². The van der Waals surface area contributed by atoms with Crippen molar-refractivity contribution in [2.24, 2.45) is 0 Å². The number of unbranched alkanes of at least 4 members (excludes halogenated alkanes) is 1. The lowest BCUT2D eigenvalue weighted by Crippen LogP contribution is -2.47. The molecule has 1 aromatic heterocycles. The van der Waals surface area contributed by atoms with Crippen molar-refractivity contribution in [1.82, 2.24) is 14.9 Å². The Morgan fingerprint density at radius 1 is 1.06 bits per heavy atom. The average Bonchev–Trinajstić information content (AvgIpc) is 2.80. The Kier molecular flexibility index (Phi) is 8.58. The zero-order chi connectivity index (χ0) is 22.2. The van der Waals surface area contributed by atoms with Crippen LogP contribution >= 0.6 is 11.8 Å². The van der Waals surface area contributed by atoms with Gasteiger partial charge in [0.25, 0.3) is 0 Å². The quantitative estimate of drug-likeness (QED) is 0.545. The lowest BCUT2D eigenvalue weighted by atomic mass is 10.1. The molecule has 0 aliphatic carbocycles. The van der Waals surface area contributed by atoms with Crippen LogP contribution in [0.4, 0.5) is 11.5 Å². The molecule has 1 amide bonds. The van der Waals surface area contributed by atoms with Crippen molar-refractivity contribution >= 4 is 29.2 Å². The smallest absolute Gasteiger partial charge is 0.232 e. The minimum absolute atomic E-state index is 0.178. The molecule has 0 radical (unpaired) electrons. The highest BCUT2D eigenvalue weighted by atomic mass is 32.2. The van der Waals surface area contributed by atoms with Crippen LogP contribution in [0.25, 0.3) is 0 Å². The Hall–Kier alpha value is -2.28. The van der Waals surface area contributed by atoms with Crippen molar-refractivity contribution in [3.8, 4) is 0 Å². The van der Waals surface area contributed by atoms with Crippen LogP contribution in [0.5, 0.6) is 0 Å². The van der Waals surface area contributed by atoms with Crippen molar-refractivity contribution < 1.29 is 4.79 Å². The van der Waals surface area contributed by atoms with Crippen molar-refractivity contribution in [1.29, 1.82) is 0 Å². The molecule has 3 rings (SSSR count). The summed E-state index contributed by atoms with van der Waals surface area (Å²) in [5.41, 5.74) is 4.01. The number of piperazine rings is 1. The molecule has 0 spiro atoms. The van der Waals surface area contributed by atoms with Crippen molar-refractivity contribution in [2.45, 2.75) is 45.6 Å². The van der Waals surface area contributed by atoms with Gasteiger partial charge in [-0.1, -0.05) is 37.2 Å². The van der Waals surface area contributed by atoms with Crippen LogP contribution in [0.15, 0.2) is 35.6 Å². The summed E-state index contributed by atoms with van der Waals surface area (Å²) in [5, 5.41) is 0.850. The van der Waals surface area contributed by atoms with Gasteiger partial charge in [-0.05, 0) is 44.4 Å². The van der Waals surface area contributed by atoms with E-state index < -0.39 is 0 Å². The van der Waals surface area contributed by atoms with Crippen LogP contribution in [0, 0.1) is 13.8 Å². The molecule has 6 nitrogen and oxygen atoms in total. The number of aryl methyl sites for hydroxylation is 1. The van der Waals surface area contributed by atoms with E-state index >= 15 is 0 Å². The molecule has 1 fully saturated rings. The van der Waals surface area contributed by atoms with Gasteiger partial charge < -0.3 is 14.7 Å². The third kappa shape index (κ3) is 5.91. The molecule has 1 aromatic carbocycles. The number of nitrogens with zero attached hydrogens (tertiary/aromatic N) is 5. The standard InChI is InChI=1S/C24H35N5OS/c1-5-7-13-27(6-2)22(30)18-31-24-23(25-11-12-26-24)29-16-14-28(15-17-29)21-10-8-9-19(3)20(21)4/h8-12H,5-7,13-18H2,1-4H3. The topological polar surface area (TPSA) is 52.6 Å². The summed E-state index contributed by atoms with van der Waals surface area (Å²) >= 11 is 1.51. The maximum absolute atomic E-state index is 12.6. The summed E-state index contributed by atoms with van der Waals surface area (Å²) in [5.74, 6) is 1.49. The van der Waals surface area contributed by atoms with Gasteiger partial charge in [-0.15, -0.1) is 0 Å². The predicted molar refractivity (Wildman–Crippen MR) is 130 cm³/mol. The normalized spacial score (nSPS) is 14.1. The fourth-order valence-electron chi connectivity index (χ4n) is 3.90. The van der Waals surface area contributed by atoms with E-state index in [-0.39, 0.29) is 5.91 Å². The first-order chi connectivity index (χ1) is 15.0. The SMILES string of the molecule is CCCCN(CC)C(=O)CSc1nccnc1N1CCN(c2cccc(C)c2C)CC1. The molecule has 0 unspecified atom stereocenters. The highest BCUT2D eigenvalue weighted by molar-refractivity contribution is 8.00. The molecule has 1 saturated heterocycles. The molecule has 0 bridgehead atoms. The number of hydrogen-bond donors (Lipinski definition) is 0.